The summed E-state index contributed by atoms with van der Waals surface area (Å²) in [6, 6.07) is 0. The van der Waals surface area contributed by atoms with Gasteiger partial charge in [0, 0.05) is 35.0 Å². The van der Waals surface area contributed by atoms with Crippen molar-refractivity contribution in [1.82, 2.24) is 9.97 Å². The molecular weight excluding hydrogens is 456 g/mol. The molecule has 30 heavy (non-hydrogen) atoms. The molecule has 0 fully saturated rings. The molecule has 0 aromatic carbocycles. The SMILES string of the molecule is CS(=O)(=O)O.Cc1ncc(CSSCc2cnc(C)c(O)c2CO)c(CO)c1O.O. The van der Waals surface area contributed by atoms with E-state index in [2.05, 4.69) is 9.97 Å². The van der Waals surface area contributed by atoms with Gasteiger partial charge in [-0.3, -0.25) is 14.5 Å². The Morgan fingerprint density at radius 1 is 0.867 bits per heavy atom. The lowest BCUT2D eigenvalue weighted by Crippen LogP contribution is -1.98. The van der Waals surface area contributed by atoms with E-state index in [4.69, 9.17) is 4.55 Å². The van der Waals surface area contributed by atoms with E-state index in [1.165, 1.54) is 21.6 Å². The van der Waals surface area contributed by atoms with Crippen LogP contribution < -0.4 is 0 Å². The number of hydrogen-bond donors (Lipinski definition) is 5. The van der Waals surface area contributed by atoms with Gasteiger partial charge in [0.25, 0.3) is 10.1 Å². The largest absolute Gasteiger partial charge is 0.506 e. The van der Waals surface area contributed by atoms with Crippen molar-refractivity contribution in [3.63, 3.8) is 0 Å². The Morgan fingerprint density at radius 2 is 1.17 bits per heavy atom. The molecule has 0 amide bonds. The van der Waals surface area contributed by atoms with Crippen molar-refractivity contribution in [2.45, 2.75) is 38.6 Å². The van der Waals surface area contributed by atoms with Crippen LogP contribution in [0.2, 0.25) is 0 Å². The molecule has 2 rings (SSSR count). The number of aromatic hydroxyl groups is 2. The topological polar surface area (TPSA) is 193 Å². The van der Waals surface area contributed by atoms with Crippen molar-refractivity contribution in [1.29, 1.82) is 0 Å². The van der Waals surface area contributed by atoms with Gasteiger partial charge in [-0.25, -0.2) is 0 Å². The number of aliphatic hydroxyl groups is 2. The molecule has 170 valence electrons. The van der Waals surface area contributed by atoms with Crippen molar-refractivity contribution < 1.29 is 38.9 Å². The number of aromatic nitrogens is 2. The van der Waals surface area contributed by atoms with Crippen LogP contribution >= 0.6 is 21.6 Å². The highest BCUT2D eigenvalue weighted by atomic mass is 33.1. The van der Waals surface area contributed by atoms with Crippen molar-refractivity contribution >= 4 is 31.7 Å². The fraction of sp³-hybridized carbons (Fsp3) is 0.412. The molecule has 0 spiro atoms. The third kappa shape index (κ3) is 9.04. The molecule has 0 radical (unpaired) electrons. The van der Waals surface area contributed by atoms with E-state index < -0.39 is 10.1 Å². The van der Waals surface area contributed by atoms with E-state index in [0.717, 1.165) is 11.1 Å². The standard InChI is InChI=1S/C16H20N2O4S2.CH4O3S.H2O/c1-9-15(21)13(5-19)11(3-17-9)7-23-24-8-12-4-18-10(2)16(22)14(12)6-20;1-5(2,3)4;/h3-4,19-22H,5-8H2,1-2H3;1H3,(H,2,3,4);1H2. The second-order valence-electron chi connectivity index (χ2n) is 5.97. The summed E-state index contributed by atoms with van der Waals surface area (Å²) < 4.78 is 25.9. The minimum absolute atomic E-state index is 0. The fourth-order valence-corrected chi connectivity index (χ4v) is 4.36. The molecule has 2 aromatic rings. The Hall–Kier alpha value is -1.61. The van der Waals surface area contributed by atoms with E-state index >= 15 is 0 Å². The molecule has 13 heteroatoms. The monoisotopic (exact) mass is 482 g/mol. The molecule has 0 aliphatic carbocycles. The van der Waals surface area contributed by atoms with Gasteiger partial charge in [0.1, 0.15) is 11.5 Å². The number of rotatable bonds is 7. The minimum atomic E-state index is -3.67. The molecular formula is C17H26N2O8S3. The number of aryl methyl sites for hydroxylation is 2. The molecule has 0 bridgehead atoms. The molecule has 0 saturated heterocycles. The average Bonchev–Trinajstić information content (AvgIpc) is 2.63. The van der Waals surface area contributed by atoms with Gasteiger partial charge < -0.3 is 25.9 Å². The first-order chi connectivity index (χ1) is 13.5. The maximum atomic E-state index is 9.94. The van der Waals surface area contributed by atoms with E-state index in [-0.39, 0.29) is 30.2 Å². The molecule has 0 atom stereocenters. The van der Waals surface area contributed by atoms with Crippen LogP contribution in [0.25, 0.3) is 0 Å². The van der Waals surface area contributed by atoms with Gasteiger partial charge in [-0.2, -0.15) is 8.42 Å². The van der Waals surface area contributed by atoms with Crippen molar-refractivity contribution in [2.24, 2.45) is 0 Å². The summed E-state index contributed by atoms with van der Waals surface area (Å²) in [6.45, 7) is 2.90. The van der Waals surface area contributed by atoms with Gasteiger partial charge in [-0.15, -0.1) is 0 Å². The van der Waals surface area contributed by atoms with Crippen molar-refractivity contribution in [2.75, 3.05) is 6.26 Å². The van der Waals surface area contributed by atoms with Crippen LogP contribution in [-0.2, 0) is 34.8 Å². The molecule has 7 N–H and O–H groups in total. The number of pyridine rings is 2. The van der Waals surface area contributed by atoms with E-state index in [1.807, 2.05) is 0 Å². The Morgan fingerprint density at radius 3 is 1.43 bits per heavy atom. The zero-order valence-electron chi connectivity index (χ0n) is 16.7. The maximum absolute atomic E-state index is 9.94. The van der Waals surface area contributed by atoms with Crippen LogP contribution in [0.5, 0.6) is 11.5 Å². The number of hydrogen-bond acceptors (Lipinski definition) is 10. The van der Waals surface area contributed by atoms with Gasteiger partial charge in [0.05, 0.1) is 30.9 Å². The van der Waals surface area contributed by atoms with Gasteiger partial charge in [-0.05, 0) is 25.0 Å². The van der Waals surface area contributed by atoms with Crippen LogP contribution in [0, 0.1) is 13.8 Å². The third-order valence-electron chi connectivity index (χ3n) is 3.69. The predicted octanol–water partition coefficient (Wildman–Crippen LogP) is 1.25. The lowest BCUT2D eigenvalue weighted by atomic mass is 10.1. The summed E-state index contributed by atoms with van der Waals surface area (Å²) in [5, 5.41) is 38.7. The zero-order valence-corrected chi connectivity index (χ0v) is 19.1. The number of nitrogens with zero attached hydrogens (tertiary/aromatic N) is 2. The molecule has 10 nitrogen and oxygen atoms in total. The highest BCUT2D eigenvalue weighted by Gasteiger charge is 2.13. The van der Waals surface area contributed by atoms with Crippen LogP contribution in [0.1, 0.15) is 33.6 Å². The molecule has 0 aliphatic rings. The number of aliphatic hydroxyl groups excluding tert-OH is 2. The second kappa shape index (κ2) is 12.9. The summed E-state index contributed by atoms with van der Waals surface area (Å²) in [7, 11) is -0.591. The molecule has 2 heterocycles. The summed E-state index contributed by atoms with van der Waals surface area (Å²) in [4.78, 5) is 8.23. The van der Waals surface area contributed by atoms with Crippen LogP contribution in [-0.4, -0.2) is 55.1 Å². The summed E-state index contributed by atoms with van der Waals surface area (Å²) in [6.07, 6.45) is 4.03. The molecule has 0 saturated carbocycles. The van der Waals surface area contributed by atoms with Gasteiger partial charge in [0.15, 0.2) is 0 Å². The molecule has 2 aromatic heterocycles. The van der Waals surface area contributed by atoms with Crippen molar-refractivity contribution in [3.8, 4) is 11.5 Å². The van der Waals surface area contributed by atoms with Crippen LogP contribution in [0.4, 0.5) is 0 Å². The van der Waals surface area contributed by atoms with E-state index in [0.29, 0.717) is 40.3 Å². The highest BCUT2D eigenvalue weighted by molar-refractivity contribution is 8.76. The molecule has 0 unspecified atom stereocenters. The van der Waals surface area contributed by atoms with Gasteiger partial charge in [-0.1, -0.05) is 21.6 Å². The smallest absolute Gasteiger partial charge is 0.261 e. The first kappa shape index (κ1) is 28.4. The second-order valence-corrected chi connectivity index (χ2v) is 9.89. The Bertz CT molecular complexity index is 870. The summed E-state index contributed by atoms with van der Waals surface area (Å²) >= 11 is 0. The van der Waals surface area contributed by atoms with Gasteiger partial charge >= 0.3 is 0 Å². The first-order valence-corrected chi connectivity index (χ1v) is 12.5. The van der Waals surface area contributed by atoms with E-state index in [9.17, 15) is 28.8 Å². The summed E-state index contributed by atoms with van der Waals surface area (Å²) in [5.41, 5.74) is 3.56. The predicted molar refractivity (Wildman–Crippen MR) is 117 cm³/mol. The lowest BCUT2D eigenvalue weighted by molar-refractivity contribution is 0.273. The minimum Gasteiger partial charge on any atom is -0.506 e. The average molecular weight is 483 g/mol. The lowest BCUT2D eigenvalue weighted by Gasteiger charge is -2.12. The van der Waals surface area contributed by atoms with E-state index in [1.54, 1.807) is 26.2 Å². The van der Waals surface area contributed by atoms with Crippen LogP contribution in [0.3, 0.4) is 0 Å². The third-order valence-corrected chi connectivity index (χ3v) is 5.92. The normalized spacial score (nSPS) is 10.7. The van der Waals surface area contributed by atoms with Crippen LogP contribution in [0.15, 0.2) is 12.4 Å². The Balaban J connectivity index is 0.00000125. The fourth-order valence-electron chi connectivity index (χ4n) is 2.18. The molecule has 0 aliphatic heterocycles. The first-order valence-electron chi connectivity index (χ1n) is 8.20. The highest BCUT2D eigenvalue weighted by Crippen LogP contribution is 2.35. The van der Waals surface area contributed by atoms with Gasteiger partial charge in [0.2, 0.25) is 0 Å². The summed E-state index contributed by atoms with van der Waals surface area (Å²) in [5.74, 6) is 1.22. The maximum Gasteiger partial charge on any atom is 0.261 e. The zero-order chi connectivity index (χ0) is 22.2. The van der Waals surface area contributed by atoms with Crippen molar-refractivity contribution in [3.05, 3.63) is 46.0 Å². The Labute approximate surface area is 182 Å². The Kier molecular flexibility index (Phi) is 12.2. The quantitative estimate of drug-likeness (QED) is 0.217.